The summed E-state index contributed by atoms with van der Waals surface area (Å²) in [6.45, 7) is 4.18. The van der Waals surface area contributed by atoms with E-state index in [0.29, 0.717) is 23.6 Å². The molecule has 0 N–H and O–H groups in total. The number of hydrogen-bond donors (Lipinski definition) is 0. The first kappa shape index (κ1) is 23.7. The van der Waals surface area contributed by atoms with E-state index in [0.717, 1.165) is 12.1 Å². The summed E-state index contributed by atoms with van der Waals surface area (Å²) >= 11 is 0. The van der Waals surface area contributed by atoms with E-state index in [9.17, 15) is 22.4 Å². The summed E-state index contributed by atoms with van der Waals surface area (Å²) < 4.78 is 57.8. The van der Waals surface area contributed by atoms with E-state index in [1.54, 1.807) is 18.7 Å². The number of carbonyl (C=O) groups excluding carboxylic acids is 1. The summed E-state index contributed by atoms with van der Waals surface area (Å²) in [5, 5.41) is 9.44. The lowest BCUT2D eigenvalue weighted by atomic mass is 10.0. The van der Waals surface area contributed by atoms with Gasteiger partial charge in [-0.2, -0.15) is 9.78 Å². The van der Waals surface area contributed by atoms with Gasteiger partial charge < -0.3 is 9.80 Å². The number of carbonyl (C=O) groups is 1. The third kappa shape index (κ3) is 4.36. The van der Waals surface area contributed by atoms with Gasteiger partial charge in [-0.3, -0.25) is 0 Å². The number of aromatic nitrogens is 4. The Hall–Kier alpha value is -4.03. The van der Waals surface area contributed by atoms with Crippen molar-refractivity contribution < 1.29 is 22.4 Å². The van der Waals surface area contributed by atoms with Crippen LogP contribution in [-0.4, -0.2) is 68.1 Å². The average molecular weight is 502 g/mol. The number of amides is 2. The van der Waals surface area contributed by atoms with E-state index in [4.69, 9.17) is 0 Å². The lowest BCUT2D eigenvalue weighted by Gasteiger charge is -2.37. The Labute approximate surface area is 203 Å². The van der Waals surface area contributed by atoms with Gasteiger partial charge in [-0.25, -0.2) is 37.3 Å². The highest BCUT2D eigenvalue weighted by Gasteiger charge is 2.34. The van der Waals surface area contributed by atoms with Gasteiger partial charge in [0.15, 0.2) is 23.3 Å². The normalized spacial score (nSPS) is 17.8. The molecule has 0 unspecified atom stereocenters. The molecule has 5 rings (SSSR count). The lowest BCUT2D eigenvalue weighted by molar-refractivity contribution is 0.139. The number of urea groups is 1. The minimum absolute atomic E-state index is 0.0571. The highest BCUT2D eigenvalue weighted by atomic mass is 19.1. The van der Waals surface area contributed by atoms with E-state index in [1.807, 2.05) is 0 Å². The monoisotopic (exact) mass is 502 g/mol. The first-order valence-electron chi connectivity index (χ1n) is 11.3. The largest absolute Gasteiger partial charge is 0.351 e. The molecule has 0 spiro atoms. The molecule has 36 heavy (non-hydrogen) atoms. The molecule has 2 amide bonds. The van der Waals surface area contributed by atoms with E-state index in [-0.39, 0.29) is 37.8 Å². The molecular formula is C23H22F4N8O. The third-order valence-electron chi connectivity index (χ3n) is 6.11. The second-order valence-corrected chi connectivity index (χ2v) is 8.57. The predicted octanol–water partition coefficient (Wildman–Crippen LogP) is 3.51. The SMILES string of the molecule is Cc1nc(C)n(-c2nc(N3CCN(C(=O)N4N=CC[C@H]4c4cc(F)cc(F)c4)CC3)c(F)cc2F)n1. The maximum absolute atomic E-state index is 14.7. The standard InChI is InChI=1S/C23H22F4N8O/c1-13-29-14(2)34(31-13)22-19(27)12-18(26)21(30-22)32-5-7-33(8-6-32)23(36)35-20(3-4-28-35)15-9-16(24)11-17(25)10-15/h4,9-12,20H,3,5-8H2,1-2H3/t20-/m0/s1. The Bertz CT molecular complexity index is 1330. The average Bonchev–Trinajstić information content (AvgIpc) is 3.44. The number of aryl methyl sites for hydroxylation is 2. The third-order valence-corrected chi connectivity index (χ3v) is 6.11. The molecule has 13 heteroatoms. The number of benzene rings is 1. The Balaban J connectivity index is 1.31. The molecule has 188 valence electrons. The van der Waals surface area contributed by atoms with Crippen molar-refractivity contribution in [3.8, 4) is 5.82 Å². The number of anilines is 1. The van der Waals surface area contributed by atoms with Crippen molar-refractivity contribution in [3.63, 3.8) is 0 Å². The molecule has 1 saturated heterocycles. The van der Waals surface area contributed by atoms with Gasteiger partial charge >= 0.3 is 6.03 Å². The van der Waals surface area contributed by atoms with Crippen LogP contribution in [0.3, 0.4) is 0 Å². The van der Waals surface area contributed by atoms with Gasteiger partial charge in [0.2, 0.25) is 0 Å². The van der Waals surface area contributed by atoms with Crippen LogP contribution >= 0.6 is 0 Å². The highest BCUT2D eigenvalue weighted by molar-refractivity contribution is 5.78. The number of hydrogen-bond acceptors (Lipinski definition) is 6. The predicted molar refractivity (Wildman–Crippen MR) is 122 cm³/mol. The molecule has 2 aromatic heterocycles. The number of pyridine rings is 1. The van der Waals surface area contributed by atoms with Crippen molar-refractivity contribution in [2.75, 3.05) is 31.1 Å². The van der Waals surface area contributed by atoms with Crippen molar-refractivity contribution in [1.82, 2.24) is 29.7 Å². The summed E-state index contributed by atoms with van der Waals surface area (Å²) in [5.41, 5.74) is 0.306. The molecule has 2 aliphatic heterocycles. The van der Waals surface area contributed by atoms with Crippen molar-refractivity contribution in [2.45, 2.75) is 26.3 Å². The molecule has 0 aliphatic carbocycles. The van der Waals surface area contributed by atoms with Gasteiger partial charge in [-0.15, -0.1) is 5.10 Å². The van der Waals surface area contributed by atoms with Crippen molar-refractivity contribution in [3.05, 3.63) is 64.7 Å². The Morgan fingerprint density at radius 2 is 1.56 bits per heavy atom. The zero-order valence-electron chi connectivity index (χ0n) is 19.5. The zero-order chi connectivity index (χ0) is 25.6. The van der Waals surface area contributed by atoms with Gasteiger partial charge in [-0.05, 0) is 31.5 Å². The van der Waals surface area contributed by atoms with Gasteiger partial charge in [0.05, 0.1) is 6.04 Å². The van der Waals surface area contributed by atoms with Crippen LogP contribution in [0.15, 0.2) is 29.4 Å². The molecular weight excluding hydrogens is 480 g/mol. The second kappa shape index (κ2) is 9.21. The minimum Gasteiger partial charge on any atom is -0.351 e. The van der Waals surface area contributed by atoms with Crippen molar-refractivity contribution in [1.29, 1.82) is 0 Å². The number of halogens is 4. The Morgan fingerprint density at radius 1 is 0.889 bits per heavy atom. The Kier molecular flexibility index (Phi) is 6.06. The molecule has 1 aromatic carbocycles. The number of nitrogens with zero attached hydrogens (tertiary/aromatic N) is 8. The summed E-state index contributed by atoms with van der Waals surface area (Å²) in [6.07, 6.45) is 1.85. The van der Waals surface area contributed by atoms with Gasteiger partial charge in [-0.1, -0.05) is 0 Å². The van der Waals surface area contributed by atoms with Crippen LogP contribution in [0.25, 0.3) is 5.82 Å². The Morgan fingerprint density at radius 3 is 2.19 bits per heavy atom. The summed E-state index contributed by atoms with van der Waals surface area (Å²) in [7, 11) is 0. The molecule has 9 nitrogen and oxygen atoms in total. The van der Waals surface area contributed by atoms with E-state index in [2.05, 4.69) is 20.2 Å². The maximum Gasteiger partial charge on any atom is 0.341 e. The van der Waals surface area contributed by atoms with Gasteiger partial charge in [0, 0.05) is 50.9 Å². The molecule has 0 saturated carbocycles. The van der Waals surface area contributed by atoms with Crippen LogP contribution in [0.5, 0.6) is 0 Å². The number of hydrazone groups is 1. The number of rotatable bonds is 3. The lowest BCUT2D eigenvalue weighted by Crippen LogP contribution is -2.52. The molecule has 2 aliphatic rings. The van der Waals surface area contributed by atoms with Crippen LogP contribution in [0.4, 0.5) is 28.2 Å². The molecule has 0 radical (unpaired) electrons. The first-order chi connectivity index (χ1) is 17.2. The number of piperazine rings is 1. The fourth-order valence-electron chi connectivity index (χ4n) is 4.44. The zero-order valence-corrected chi connectivity index (χ0v) is 19.5. The van der Waals surface area contributed by atoms with Crippen LogP contribution in [0, 0.1) is 37.1 Å². The maximum atomic E-state index is 14.7. The fourth-order valence-corrected chi connectivity index (χ4v) is 4.44. The molecule has 4 heterocycles. The van der Waals surface area contributed by atoms with Crippen molar-refractivity contribution >= 4 is 18.1 Å². The van der Waals surface area contributed by atoms with Gasteiger partial charge in [0.25, 0.3) is 0 Å². The van der Waals surface area contributed by atoms with Crippen LogP contribution in [-0.2, 0) is 0 Å². The second-order valence-electron chi connectivity index (χ2n) is 8.57. The molecule has 1 fully saturated rings. The highest BCUT2D eigenvalue weighted by Crippen LogP contribution is 2.31. The smallest absolute Gasteiger partial charge is 0.341 e. The summed E-state index contributed by atoms with van der Waals surface area (Å²) in [4.78, 5) is 24.6. The van der Waals surface area contributed by atoms with Crippen LogP contribution in [0.2, 0.25) is 0 Å². The molecule has 1 atom stereocenters. The fraction of sp³-hybridized carbons (Fsp3) is 0.348. The van der Waals surface area contributed by atoms with Crippen LogP contribution in [0.1, 0.15) is 29.7 Å². The molecule has 3 aromatic rings. The van der Waals surface area contributed by atoms with E-state index in [1.165, 1.54) is 32.9 Å². The summed E-state index contributed by atoms with van der Waals surface area (Å²) in [6, 6.07) is 2.82. The molecule has 0 bridgehead atoms. The topological polar surface area (TPSA) is 82.8 Å². The summed E-state index contributed by atoms with van der Waals surface area (Å²) in [5.74, 6) is -2.56. The van der Waals surface area contributed by atoms with Gasteiger partial charge in [0.1, 0.15) is 23.3 Å². The minimum atomic E-state index is -0.871. The van der Waals surface area contributed by atoms with E-state index < -0.39 is 35.3 Å². The quantitative estimate of drug-likeness (QED) is 0.512. The van der Waals surface area contributed by atoms with Crippen molar-refractivity contribution in [2.24, 2.45) is 5.10 Å². The van der Waals surface area contributed by atoms with Crippen LogP contribution < -0.4 is 4.90 Å². The first-order valence-corrected chi connectivity index (χ1v) is 11.3. The van der Waals surface area contributed by atoms with E-state index >= 15 is 0 Å².